The van der Waals surface area contributed by atoms with E-state index in [1.54, 1.807) is 11.3 Å². The molecule has 9 heteroatoms. The molecule has 0 bridgehead atoms. The molecule has 3 rings (SSSR count). The van der Waals surface area contributed by atoms with Gasteiger partial charge in [0.25, 0.3) is 0 Å². The minimum atomic E-state index is -3.60. The lowest BCUT2D eigenvalue weighted by molar-refractivity contribution is -0.114. The number of carbonyl (C=O) groups excluding carboxylic acids is 1. The fourth-order valence-corrected chi connectivity index (χ4v) is 5.45. The number of nitrogens with zero attached hydrogens (tertiary/aromatic N) is 2. The Bertz CT molecular complexity index is 893. The van der Waals surface area contributed by atoms with E-state index in [2.05, 4.69) is 21.7 Å². The van der Waals surface area contributed by atoms with Gasteiger partial charge in [-0.2, -0.15) is 4.31 Å². The number of thiophene rings is 1. The third-order valence-corrected chi connectivity index (χ3v) is 7.62. The molecule has 1 aliphatic rings. The summed E-state index contributed by atoms with van der Waals surface area (Å²) in [6.45, 7) is 4.64. The van der Waals surface area contributed by atoms with Gasteiger partial charge in [-0.15, -0.1) is 11.3 Å². The highest BCUT2D eigenvalue weighted by Crippen LogP contribution is 2.27. The van der Waals surface area contributed by atoms with Crippen LogP contribution in [0.3, 0.4) is 0 Å². The zero-order valence-corrected chi connectivity index (χ0v) is 17.4. The van der Waals surface area contributed by atoms with Gasteiger partial charge < -0.3 is 10.2 Å². The van der Waals surface area contributed by atoms with Crippen molar-refractivity contribution in [1.82, 2.24) is 9.21 Å². The highest BCUT2D eigenvalue weighted by atomic mass is 35.5. The van der Waals surface area contributed by atoms with E-state index in [-0.39, 0.29) is 15.8 Å². The summed E-state index contributed by atoms with van der Waals surface area (Å²) in [6, 6.07) is 8.57. The highest BCUT2D eigenvalue weighted by molar-refractivity contribution is 7.89. The monoisotopic (exact) mass is 427 g/mol. The fraction of sp³-hybridized carbons (Fsp3) is 0.389. The van der Waals surface area contributed by atoms with Gasteiger partial charge >= 0.3 is 0 Å². The lowest BCUT2D eigenvalue weighted by atomic mass is 10.3. The Kier molecular flexibility index (Phi) is 6.54. The summed E-state index contributed by atoms with van der Waals surface area (Å²) in [6.07, 6.45) is 0.991. The van der Waals surface area contributed by atoms with Crippen molar-refractivity contribution in [3.63, 3.8) is 0 Å². The second kappa shape index (κ2) is 8.70. The van der Waals surface area contributed by atoms with Crippen LogP contribution in [0.5, 0.6) is 0 Å². The molecule has 0 aliphatic carbocycles. The number of carbonyl (C=O) groups is 1. The van der Waals surface area contributed by atoms with E-state index in [0.717, 1.165) is 13.0 Å². The number of rotatable bonds is 6. The third-order valence-electron chi connectivity index (χ3n) is 4.47. The number of sulfonamides is 1. The smallest absolute Gasteiger partial charge is 0.243 e. The van der Waals surface area contributed by atoms with Crippen LogP contribution in [0.1, 0.15) is 11.8 Å². The molecular formula is C18H22ClN3O3S2. The fourth-order valence-electron chi connectivity index (χ4n) is 3.01. The zero-order valence-electron chi connectivity index (χ0n) is 15.0. The molecule has 1 aromatic heterocycles. The average molecular weight is 428 g/mol. The summed E-state index contributed by atoms with van der Waals surface area (Å²) in [5, 5.41) is 4.86. The van der Waals surface area contributed by atoms with E-state index in [0.29, 0.717) is 31.9 Å². The Labute approximate surface area is 168 Å². The van der Waals surface area contributed by atoms with Gasteiger partial charge in [0.15, 0.2) is 0 Å². The van der Waals surface area contributed by atoms with Gasteiger partial charge in [0, 0.05) is 44.5 Å². The molecule has 1 amide bonds. The molecule has 1 saturated heterocycles. The van der Waals surface area contributed by atoms with Gasteiger partial charge in [-0.25, -0.2) is 8.42 Å². The number of amides is 1. The number of benzene rings is 1. The Morgan fingerprint density at radius 2 is 1.96 bits per heavy atom. The molecule has 1 aromatic carbocycles. The zero-order chi connectivity index (χ0) is 19.4. The van der Waals surface area contributed by atoms with Crippen molar-refractivity contribution in [1.29, 1.82) is 0 Å². The average Bonchev–Trinajstić information content (AvgIpc) is 3.15. The topological polar surface area (TPSA) is 69.7 Å². The number of anilines is 1. The van der Waals surface area contributed by atoms with Crippen LogP contribution in [0, 0.1) is 0 Å². The van der Waals surface area contributed by atoms with Gasteiger partial charge in [0.05, 0.1) is 15.6 Å². The van der Waals surface area contributed by atoms with Crippen LogP contribution in [0.2, 0.25) is 5.02 Å². The molecule has 0 atom stereocenters. The number of hydrogen-bond donors (Lipinski definition) is 1. The van der Waals surface area contributed by atoms with Crippen molar-refractivity contribution >= 4 is 44.6 Å². The van der Waals surface area contributed by atoms with Gasteiger partial charge in [-0.3, -0.25) is 4.79 Å². The molecular weight excluding hydrogens is 406 g/mol. The lowest BCUT2D eigenvalue weighted by Crippen LogP contribution is -2.48. The van der Waals surface area contributed by atoms with E-state index in [1.165, 1.54) is 34.3 Å². The molecule has 2 aromatic rings. The van der Waals surface area contributed by atoms with Crippen LogP contribution < -0.4 is 5.32 Å². The first-order valence-corrected chi connectivity index (χ1v) is 11.4. The van der Waals surface area contributed by atoms with Crippen LogP contribution in [0.25, 0.3) is 0 Å². The largest absolute Gasteiger partial charge is 0.325 e. The van der Waals surface area contributed by atoms with Crippen molar-refractivity contribution in [3.8, 4) is 0 Å². The molecule has 1 fully saturated rings. The predicted octanol–water partition coefficient (Wildman–Crippen LogP) is 2.91. The van der Waals surface area contributed by atoms with Gasteiger partial charge in [0.1, 0.15) is 0 Å². The number of nitrogens with one attached hydrogen (secondary N) is 1. The van der Waals surface area contributed by atoms with Gasteiger partial charge in [0.2, 0.25) is 15.9 Å². The molecule has 6 nitrogen and oxygen atoms in total. The van der Waals surface area contributed by atoms with E-state index < -0.39 is 10.0 Å². The summed E-state index contributed by atoms with van der Waals surface area (Å²) in [4.78, 5) is 14.9. The molecule has 0 saturated carbocycles. The normalized spacial score (nSPS) is 16.4. The van der Waals surface area contributed by atoms with Crippen LogP contribution in [0.15, 0.2) is 40.6 Å². The first kappa shape index (κ1) is 20.3. The van der Waals surface area contributed by atoms with Crippen molar-refractivity contribution in [2.45, 2.75) is 18.2 Å². The molecule has 146 valence electrons. The van der Waals surface area contributed by atoms with Crippen molar-refractivity contribution in [2.75, 3.05) is 38.0 Å². The molecule has 2 heterocycles. The predicted molar refractivity (Wildman–Crippen MR) is 109 cm³/mol. The first-order chi connectivity index (χ1) is 12.9. The van der Waals surface area contributed by atoms with E-state index in [4.69, 9.17) is 11.6 Å². The third kappa shape index (κ3) is 5.08. The van der Waals surface area contributed by atoms with E-state index in [1.807, 2.05) is 6.07 Å². The number of hydrogen-bond acceptors (Lipinski definition) is 5. The van der Waals surface area contributed by atoms with Crippen molar-refractivity contribution in [3.05, 3.63) is 45.6 Å². The van der Waals surface area contributed by atoms with Crippen LogP contribution >= 0.6 is 22.9 Å². The van der Waals surface area contributed by atoms with Crippen LogP contribution in [-0.2, 0) is 21.2 Å². The molecule has 0 radical (unpaired) electrons. The quantitative estimate of drug-likeness (QED) is 0.769. The Balaban J connectivity index is 1.61. The highest BCUT2D eigenvalue weighted by Gasteiger charge is 2.28. The Morgan fingerprint density at radius 1 is 1.22 bits per heavy atom. The van der Waals surface area contributed by atoms with Crippen LogP contribution in [-0.4, -0.2) is 56.3 Å². The SMILES string of the molecule is CC(=O)Nc1ccc(S(=O)(=O)N2CCN(CCc3cccs3)CC2)cc1Cl. The summed E-state index contributed by atoms with van der Waals surface area (Å²) >= 11 is 7.87. The summed E-state index contributed by atoms with van der Waals surface area (Å²) in [5.41, 5.74) is 0.404. The Hall–Kier alpha value is -1.45. The maximum absolute atomic E-state index is 12.9. The standard InChI is InChI=1S/C18H22ClN3O3S2/c1-14(23)20-18-5-4-16(13-17(18)19)27(24,25)22-10-8-21(9-11-22)7-6-15-3-2-12-26-15/h2-5,12-13H,6-11H2,1H3,(H,20,23). The molecule has 1 N–H and O–H groups in total. The summed E-state index contributed by atoms with van der Waals surface area (Å²) in [7, 11) is -3.60. The summed E-state index contributed by atoms with van der Waals surface area (Å²) < 4.78 is 27.3. The van der Waals surface area contributed by atoms with Crippen molar-refractivity contribution in [2.24, 2.45) is 0 Å². The second-order valence-electron chi connectivity index (χ2n) is 6.40. The molecule has 1 aliphatic heterocycles. The minimum absolute atomic E-state index is 0.147. The maximum Gasteiger partial charge on any atom is 0.243 e. The maximum atomic E-state index is 12.9. The van der Waals surface area contributed by atoms with E-state index >= 15 is 0 Å². The van der Waals surface area contributed by atoms with E-state index in [9.17, 15) is 13.2 Å². The van der Waals surface area contributed by atoms with Gasteiger partial charge in [-0.1, -0.05) is 17.7 Å². The van der Waals surface area contributed by atoms with Crippen molar-refractivity contribution < 1.29 is 13.2 Å². The second-order valence-corrected chi connectivity index (χ2v) is 9.78. The Morgan fingerprint density at radius 3 is 2.56 bits per heavy atom. The van der Waals surface area contributed by atoms with Gasteiger partial charge in [-0.05, 0) is 36.1 Å². The molecule has 27 heavy (non-hydrogen) atoms. The summed E-state index contributed by atoms with van der Waals surface area (Å²) in [5.74, 6) is -0.258. The lowest BCUT2D eigenvalue weighted by Gasteiger charge is -2.34. The molecule has 0 unspecified atom stereocenters. The van der Waals surface area contributed by atoms with Crippen LogP contribution in [0.4, 0.5) is 5.69 Å². The minimum Gasteiger partial charge on any atom is -0.325 e. The number of piperazine rings is 1. The number of halogens is 1. The first-order valence-electron chi connectivity index (χ1n) is 8.68. The molecule has 0 spiro atoms.